The maximum absolute atomic E-state index is 6.20. The van der Waals surface area contributed by atoms with Crippen LogP contribution in [0.15, 0.2) is 6.33 Å². The van der Waals surface area contributed by atoms with Crippen molar-refractivity contribution in [3.8, 4) is 0 Å². The normalized spacial score (nSPS) is 18.8. The third-order valence-corrected chi connectivity index (χ3v) is 4.10. The molecule has 18 heavy (non-hydrogen) atoms. The van der Waals surface area contributed by atoms with Crippen LogP contribution in [0.1, 0.15) is 32.3 Å². The lowest BCUT2D eigenvalue weighted by Gasteiger charge is -2.34. The van der Waals surface area contributed by atoms with Gasteiger partial charge in [-0.3, -0.25) is 0 Å². The first kappa shape index (κ1) is 11.7. The molecule has 0 unspecified atom stereocenters. The van der Waals surface area contributed by atoms with Gasteiger partial charge in [-0.05, 0) is 33.6 Å². The predicted molar refractivity (Wildman–Crippen MR) is 71.2 cm³/mol. The first-order valence-corrected chi connectivity index (χ1v) is 6.52. The molecular formula is C12H16ClN5. The van der Waals surface area contributed by atoms with Crippen LogP contribution in [0.2, 0.25) is 5.15 Å². The maximum Gasteiger partial charge on any atom is 0.255 e. The van der Waals surface area contributed by atoms with Crippen molar-refractivity contribution in [2.75, 3.05) is 11.4 Å². The lowest BCUT2D eigenvalue weighted by atomic mass is 10.0. The van der Waals surface area contributed by atoms with E-state index in [0.29, 0.717) is 10.9 Å². The Balaban J connectivity index is 2.27. The summed E-state index contributed by atoms with van der Waals surface area (Å²) < 4.78 is 1.79. The Bertz CT molecular complexity index is 604. The molecule has 0 N–H and O–H groups in total. The second-order valence-electron chi connectivity index (χ2n) is 5.39. The number of hydrogen-bond donors (Lipinski definition) is 0. The molecule has 5 nitrogen and oxygen atoms in total. The summed E-state index contributed by atoms with van der Waals surface area (Å²) in [6.07, 6.45) is 3.87. The lowest BCUT2D eigenvalue weighted by Crippen LogP contribution is -2.40. The van der Waals surface area contributed by atoms with Gasteiger partial charge in [-0.2, -0.15) is 19.6 Å². The molecule has 0 bridgehead atoms. The minimum absolute atomic E-state index is 0.119. The molecule has 0 aromatic carbocycles. The zero-order chi connectivity index (χ0) is 12.9. The van der Waals surface area contributed by atoms with E-state index < -0.39 is 0 Å². The van der Waals surface area contributed by atoms with Crippen molar-refractivity contribution in [3.63, 3.8) is 0 Å². The van der Waals surface area contributed by atoms with Gasteiger partial charge in [0, 0.05) is 17.6 Å². The number of nitrogens with zero attached hydrogens (tertiary/aromatic N) is 5. The zero-order valence-corrected chi connectivity index (χ0v) is 11.6. The van der Waals surface area contributed by atoms with Crippen LogP contribution in [-0.2, 0) is 0 Å². The molecule has 0 radical (unpaired) electrons. The van der Waals surface area contributed by atoms with Gasteiger partial charge in [0.2, 0.25) is 0 Å². The van der Waals surface area contributed by atoms with E-state index in [9.17, 15) is 0 Å². The molecular weight excluding hydrogens is 250 g/mol. The molecule has 0 saturated carbocycles. The summed E-state index contributed by atoms with van der Waals surface area (Å²) >= 11 is 6.20. The van der Waals surface area contributed by atoms with Crippen LogP contribution in [0.4, 0.5) is 5.82 Å². The number of hydrogen-bond acceptors (Lipinski definition) is 4. The van der Waals surface area contributed by atoms with E-state index in [2.05, 4.69) is 33.8 Å². The fourth-order valence-electron chi connectivity index (χ4n) is 2.70. The molecule has 1 fully saturated rings. The van der Waals surface area contributed by atoms with Crippen LogP contribution in [0.5, 0.6) is 0 Å². The smallest absolute Gasteiger partial charge is 0.255 e. The molecule has 1 saturated heterocycles. The maximum atomic E-state index is 6.20. The van der Waals surface area contributed by atoms with Crippen LogP contribution in [0.25, 0.3) is 5.78 Å². The minimum atomic E-state index is 0.119. The van der Waals surface area contributed by atoms with Gasteiger partial charge in [0.25, 0.3) is 5.78 Å². The fraction of sp³-hybridized carbons (Fsp3) is 0.583. The molecule has 96 valence electrons. The SMILES string of the molecule is Cc1c(Cl)nc2ncnn2c1N1CCCC1(C)C. The molecule has 0 spiro atoms. The van der Waals surface area contributed by atoms with Crippen molar-refractivity contribution in [1.29, 1.82) is 0 Å². The van der Waals surface area contributed by atoms with E-state index in [1.54, 1.807) is 4.52 Å². The average Bonchev–Trinajstić information content (AvgIpc) is 2.87. The third-order valence-electron chi connectivity index (χ3n) is 3.73. The standard InChI is InChI=1S/C12H16ClN5/c1-8-9(13)16-11-14-7-15-18(11)10(8)17-6-4-5-12(17,2)3/h7H,4-6H2,1-3H3. The number of aromatic nitrogens is 4. The van der Waals surface area contributed by atoms with E-state index in [0.717, 1.165) is 17.9 Å². The average molecular weight is 266 g/mol. The second kappa shape index (κ2) is 3.82. The fourth-order valence-corrected chi connectivity index (χ4v) is 2.86. The summed E-state index contributed by atoms with van der Waals surface area (Å²) in [5.74, 6) is 1.58. The number of anilines is 1. The van der Waals surface area contributed by atoms with Crippen LogP contribution in [0, 0.1) is 6.92 Å². The summed E-state index contributed by atoms with van der Waals surface area (Å²) in [5.41, 5.74) is 1.08. The van der Waals surface area contributed by atoms with Crippen molar-refractivity contribution < 1.29 is 0 Å². The molecule has 1 aliphatic rings. The number of rotatable bonds is 1. The van der Waals surface area contributed by atoms with Crippen molar-refractivity contribution in [2.24, 2.45) is 0 Å². The monoisotopic (exact) mass is 265 g/mol. The van der Waals surface area contributed by atoms with E-state index in [1.165, 1.54) is 19.2 Å². The quantitative estimate of drug-likeness (QED) is 0.743. The van der Waals surface area contributed by atoms with Crippen LogP contribution < -0.4 is 4.90 Å². The summed E-state index contributed by atoms with van der Waals surface area (Å²) in [5, 5.41) is 4.78. The Morgan fingerprint density at radius 1 is 1.39 bits per heavy atom. The van der Waals surface area contributed by atoms with Gasteiger partial charge in [0.1, 0.15) is 17.3 Å². The molecule has 6 heteroatoms. The van der Waals surface area contributed by atoms with Crippen molar-refractivity contribution in [1.82, 2.24) is 19.6 Å². The summed E-state index contributed by atoms with van der Waals surface area (Å²) in [4.78, 5) is 10.7. The largest absolute Gasteiger partial charge is 0.351 e. The van der Waals surface area contributed by atoms with Gasteiger partial charge in [-0.15, -0.1) is 0 Å². The Morgan fingerprint density at radius 2 is 2.17 bits per heavy atom. The van der Waals surface area contributed by atoms with Crippen molar-refractivity contribution in [2.45, 2.75) is 39.2 Å². The molecule has 2 aromatic rings. The van der Waals surface area contributed by atoms with Gasteiger partial charge in [-0.1, -0.05) is 11.6 Å². The Kier molecular flexibility index (Phi) is 2.48. The third kappa shape index (κ3) is 1.57. The van der Waals surface area contributed by atoms with E-state index in [1.807, 2.05) is 6.92 Å². The van der Waals surface area contributed by atoms with Gasteiger partial charge in [0.15, 0.2) is 0 Å². The summed E-state index contributed by atoms with van der Waals surface area (Å²) in [6, 6.07) is 0. The van der Waals surface area contributed by atoms with Gasteiger partial charge < -0.3 is 4.90 Å². The van der Waals surface area contributed by atoms with Gasteiger partial charge in [0.05, 0.1) is 0 Å². The minimum Gasteiger partial charge on any atom is -0.351 e. The van der Waals surface area contributed by atoms with Gasteiger partial charge >= 0.3 is 0 Å². The highest BCUT2D eigenvalue weighted by Crippen LogP contribution is 2.36. The molecule has 0 atom stereocenters. The molecule has 0 aliphatic carbocycles. The zero-order valence-electron chi connectivity index (χ0n) is 10.8. The van der Waals surface area contributed by atoms with Crippen LogP contribution in [0.3, 0.4) is 0 Å². The second-order valence-corrected chi connectivity index (χ2v) is 5.75. The molecule has 3 heterocycles. The Labute approximate surface area is 111 Å². The van der Waals surface area contributed by atoms with Crippen molar-refractivity contribution in [3.05, 3.63) is 17.0 Å². The highest BCUT2D eigenvalue weighted by Gasteiger charge is 2.35. The molecule has 0 amide bonds. The summed E-state index contributed by atoms with van der Waals surface area (Å²) in [7, 11) is 0. The predicted octanol–water partition coefficient (Wildman–Crippen LogP) is 2.46. The van der Waals surface area contributed by atoms with Crippen LogP contribution >= 0.6 is 11.6 Å². The van der Waals surface area contributed by atoms with E-state index >= 15 is 0 Å². The lowest BCUT2D eigenvalue weighted by molar-refractivity contribution is 0.509. The first-order valence-electron chi connectivity index (χ1n) is 6.14. The molecule has 1 aliphatic heterocycles. The number of halogens is 1. The van der Waals surface area contributed by atoms with Crippen molar-refractivity contribution >= 4 is 23.2 Å². The molecule has 3 rings (SSSR count). The Morgan fingerprint density at radius 3 is 2.83 bits per heavy atom. The topological polar surface area (TPSA) is 46.3 Å². The van der Waals surface area contributed by atoms with Crippen LogP contribution in [-0.4, -0.2) is 31.7 Å². The first-order chi connectivity index (χ1) is 8.50. The van der Waals surface area contributed by atoms with E-state index in [-0.39, 0.29) is 5.54 Å². The highest BCUT2D eigenvalue weighted by atomic mass is 35.5. The Hall–Kier alpha value is -1.36. The van der Waals surface area contributed by atoms with E-state index in [4.69, 9.17) is 11.6 Å². The highest BCUT2D eigenvalue weighted by molar-refractivity contribution is 6.30. The summed E-state index contributed by atoms with van der Waals surface area (Å²) in [6.45, 7) is 7.50. The number of fused-ring (bicyclic) bond motifs is 1. The molecule has 2 aromatic heterocycles. The van der Waals surface area contributed by atoms with Gasteiger partial charge in [-0.25, -0.2) is 0 Å².